The van der Waals surface area contributed by atoms with Crippen molar-refractivity contribution in [3.8, 4) is 0 Å². The number of nitrogens with one attached hydrogen (secondary N) is 1. The van der Waals surface area contributed by atoms with Crippen molar-refractivity contribution in [3.63, 3.8) is 0 Å². The van der Waals surface area contributed by atoms with E-state index in [1.54, 1.807) is 0 Å². The Labute approximate surface area is 122 Å². The van der Waals surface area contributed by atoms with Crippen LogP contribution >= 0.6 is 11.3 Å². The highest BCUT2D eigenvalue weighted by Crippen LogP contribution is 2.22. The fraction of sp³-hybridized carbons (Fsp3) is 0.733. The molecule has 19 heavy (non-hydrogen) atoms. The molecule has 0 aliphatic rings. The standard InChI is InChI=1S/C15H28N2OS/c1-6-18-8-7-17(5)11-14-9-15(19-13(14)4)10-16-12(2)3/h9,12,16H,6-8,10-11H2,1-5H3. The lowest BCUT2D eigenvalue weighted by Crippen LogP contribution is -2.23. The minimum Gasteiger partial charge on any atom is -0.380 e. The molecule has 0 unspecified atom stereocenters. The van der Waals surface area contributed by atoms with Crippen molar-refractivity contribution in [2.75, 3.05) is 26.8 Å². The average molecular weight is 284 g/mol. The predicted molar refractivity (Wildman–Crippen MR) is 83.9 cm³/mol. The van der Waals surface area contributed by atoms with E-state index in [2.05, 4.69) is 44.1 Å². The number of aryl methyl sites for hydroxylation is 1. The van der Waals surface area contributed by atoms with Crippen LogP contribution in [-0.4, -0.2) is 37.7 Å². The van der Waals surface area contributed by atoms with Crippen LogP contribution in [0.1, 0.15) is 36.1 Å². The molecule has 0 atom stereocenters. The van der Waals surface area contributed by atoms with Gasteiger partial charge < -0.3 is 10.1 Å². The van der Waals surface area contributed by atoms with Gasteiger partial charge in [0.2, 0.25) is 0 Å². The molecule has 1 aromatic heterocycles. The van der Waals surface area contributed by atoms with E-state index in [-0.39, 0.29) is 0 Å². The molecule has 0 spiro atoms. The lowest BCUT2D eigenvalue weighted by Gasteiger charge is -2.16. The smallest absolute Gasteiger partial charge is 0.0593 e. The Kier molecular flexibility index (Phi) is 7.61. The highest BCUT2D eigenvalue weighted by molar-refractivity contribution is 7.12. The summed E-state index contributed by atoms with van der Waals surface area (Å²) in [5.74, 6) is 0. The Morgan fingerprint density at radius 3 is 2.79 bits per heavy atom. The van der Waals surface area contributed by atoms with Gasteiger partial charge in [-0.05, 0) is 32.5 Å². The van der Waals surface area contributed by atoms with Crippen molar-refractivity contribution < 1.29 is 4.74 Å². The van der Waals surface area contributed by atoms with E-state index in [1.165, 1.54) is 15.3 Å². The molecule has 0 radical (unpaired) electrons. The molecule has 110 valence electrons. The molecule has 3 nitrogen and oxygen atoms in total. The summed E-state index contributed by atoms with van der Waals surface area (Å²) in [6.45, 7) is 13.2. The monoisotopic (exact) mass is 284 g/mol. The summed E-state index contributed by atoms with van der Waals surface area (Å²) in [7, 11) is 2.15. The van der Waals surface area contributed by atoms with Crippen LogP contribution in [0.4, 0.5) is 0 Å². The topological polar surface area (TPSA) is 24.5 Å². The van der Waals surface area contributed by atoms with Crippen molar-refractivity contribution in [2.24, 2.45) is 0 Å². The Bertz CT molecular complexity index is 363. The van der Waals surface area contributed by atoms with Gasteiger partial charge >= 0.3 is 0 Å². The number of hydrogen-bond acceptors (Lipinski definition) is 4. The van der Waals surface area contributed by atoms with Crippen LogP contribution in [0.15, 0.2) is 6.07 Å². The molecular weight excluding hydrogens is 256 g/mol. The van der Waals surface area contributed by atoms with Gasteiger partial charge in [-0.25, -0.2) is 0 Å². The number of rotatable bonds is 9. The lowest BCUT2D eigenvalue weighted by atomic mass is 10.2. The summed E-state index contributed by atoms with van der Waals surface area (Å²) >= 11 is 1.91. The minimum absolute atomic E-state index is 0.541. The Morgan fingerprint density at radius 2 is 2.16 bits per heavy atom. The number of hydrogen-bond donors (Lipinski definition) is 1. The van der Waals surface area contributed by atoms with Crippen LogP contribution in [0.2, 0.25) is 0 Å². The van der Waals surface area contributed by atoms with Gasteiger partial charge in [0, 0.05) is 42.0 Å². The zero-order valence-corrected chi connectivity index (χ0v) is 13.8. The van der Waals surface area contributed by atoms with E-state index in [4.69, 9.17) is 4.74 Å². The molecular formula is C15H28N2OS. The maximum atomic E-state index is 5.39. The van der Waals surface area contributed by atoms with Gasteiger partial charge in [-0.15, -0.1) is 11.3 Å². The third kappa shape index (κ3) is 6.52. The van der Waals surface area contributed by atoms with E-state index in [9.17, 15) is 0 Å². The first-order valence-corrected chi connectivity index (χ1v) is 7.92. The highest BCUT2D eigenvalue weighted by Gasteiger charge is 2.08. The quantitative estimate of drug-likeness (QED) is 0.706. The van der Waals surface area contributed by atoms with Gasteiger partial charge in [0.1, 0.15) is 0 Å². The molecule has 1 heterocycles. The molecule has 0 bridgehead atoms. The number of ether oxygens (including phenoxy) is 1. The van der Waals surface area contributed by atoms with Crippen molar-refractivity contribution >= 4 is 11.3 Å². The normalized spacial score (nSPS) is 11.7. The molecule has 0 aliphatic carbocycles. The molecule has 1 N–H and O–H groups in total. The molecule has 4 heteroatoms. The van der Waals surface area contributed by atoms with E-state index in [1.807, 2.05) is 18.3 Å². The molecule has 0 aromatic carbocycles. The van der Waals surface area contributed by atoms with E-state index in [0.717, 1.165) is 32.8 Å². The molecule has 0 aliphatic heterocycles. The van der Waals surface area contributed by atoms with Gasteiger partial charge in [0.15, 0.2) is 0 Å². The highest BCUT2D eigenvalue weighted by atomic mass is 32.1. The summed E-state index contributed by atoms with van der Waals surface area (Å²) in [6, 6.07) is 2.88. The van der Waals surface area contributed by atoms with E-state index < -0.39 is 0 Å². The van der Waals surface area contributed by atoms with Crippen molar-refractivity contribution in [1.82, 2.24) is 10.2 Å². The molecule has 0 saturated carbocycles. The van der Waals surface area contributed by atoms with Crippen molar-refractivity contribution in [3.05, 3.63) is 21.4 Å². The van der Waals surface area contributed by atoms with Crippen LogP contribution in [0.5, 0.6) is 0 Å². The summed E-state index contributed by atoms with van der Waals surface area (Å²) in [4.78, 5) is 5.19. The zero-order chi connectivity index (χ0) is 14.3. The summed E-state index contributed by atoms with van der Waals surface area (Å²) in [5, 5.41) is 3.47. The fourth-order valence-corrected chi connectivity index (χ4v) is 2.88. The maximum Gasteiger partial charge on any atom is 0.0593 e. The van der Waals surface area contributed by atoms with Crippen LogP contribution in [0, 0.1) is 6.92 Å². The van der Waals surface area contributed by atoms with Gasteiger partial charge in [0.05, 0.1) is 6.61 Å². The predicted octanol–water partition coefficient (Wildman–Crippen LogP) is 3.02. The fourth-order valence-electron chi connectivity index (χ4n) is 1.87. The minimum atomic E-state index is 0.541. The number of thiophene rings is 1. The molecule has 1 rings (SSSR count). The Morgan fingerprint density at radius 1 is 1.42 bits per heavy atom. The van der Waals surface area contributed by atoms with E-state index >= 15 is 0 Å². The van der Waals surface area contributed by atoms with Crippen LogP contribution in [0.3, 0.4) is 0 Å². The largest absolute Gasteiger partial charge is 0.380 e. The van der Waals surface area contributed by atoms with Crippen LogP contribution in [-0.2, 0) is 17.8 Å². The Balaban J connectivity index is 2.44. The molecule has 0 saturated heterocycles. The molecule has 1 aromatic rings. The maximum absolute atomic E-state index is 5.39. The summed E-state index contributed by atoms with van der Waals surface area (Å²) in [5.41, 5.74) is 1.45. The Hall–Kier alpha value is -0.420. The van der Waals surface area contributed by atoms with Gasteiger partial charge in [0.25, 0.3) is 0 Å². The average Bonchev–Trinajstić information content (AvgIpc) is 2.68. The first-order valence-electron chi connectivity index (χ1n) is 7.10. The lowest BCUT2D eigenvalue weighted by molar-refractivity contribution is 0.120. The van der Waals surface area contributed by atoms with Gasteiger partial charge in [-0.1, -0.05) is 13.8 Å². The second-order valence-corrected chi connectivity index (χ2v) is 6.61. The number of likely N-dealkylation sites (N-methyl/N-ethyl adjacent to an activating group) is 1. The zero-order valence-electron chi connectivity index (χ0n) is 13.0. The third-order valence-corrected chi connectivity index (χ3v) is 4.11. The first kappa shape index (κ1) is 16.6. The summed E-state index contributed by atoms with van der Waals surface area (Å²) < 4.78 is 5.39. The van der Waals surface area contributed by atoms with Gasteiger partial charge in [-0.2, -0.15) is 0 Å². The molecule has 0 amide bonds. The van der Waals surface area contributed by atoms with Crippen LogP contribution in [0.25, 0.3) is 0 Å². The van der Waals surface area contributed by atoms with Gasteiger partial charge in [-0.3, -0.25) is 4.90 Å². The first-order chi connectivity index (χ1) is 9.02. The third-order valence-electron chi connectivity index (χ3n) is 3.02. The molecule has 0 fully saturated rings. The number of nitrogens with zero attached hydrogens (tertiary/aromatic N) is 1. The van der Waals surface area contributed by atoms with Crippen molar-refractivity contribution in [2.45, 2.75) is 46.8 Å². The summed E-state index contributed by atoms with van der Waals surface area (Å²) in [6.07, 6.45) is 0. The van der Waals surface area contributed by atoms with Crippen molar-refractivity contribution in [1.29, 1.82) is 0 Å². The second kappa shape index (κ2) is 8.69. The van der Waals surface area contributed by atoms with Crippen LogP contribution < -0.4 is 5.32 Å². The SMILES string of the molecule is CCOCCN(C)Cc1cc(CNC(C)C)sc1C. The van der Waals surface area contributed by atoms with E-state index in [0.29, 0.717) is 6.04 Å². The second-order valence-electron chi connectivity index (χ2n) is 5.26.